The molecule has 0 aromatic heterocycles. The van der Waals surface area contributed by atoms with Gasteiger partial charge in [0.2, 0.25) is 0 Å². The fourth-order valence-electron chi connectivity index (χ4n) is 2.54. The van der Waals surface area contributed by atoms with Crippen LogP contribution >= 0.6 is 0 Å². The van der Waals surface area contributed by atoms with Gasteiger partial charge in [-0.05, 0) is 24.1 Å². The van der Waals surface area contributed by atoms with Crippen molar-refractivity contribution in [2.75, 3.05) is 13.7 Å². The number of carbonyl (C=O) groups excluding carboxylic acids is 1. The van der Waals surface area contributed by atoms with Crippen molar-refractivity contribution in [3.8, 4) is 16.9 Å². The van der Waals surface area contributed by atoms with E-state index in [0.717, 1.165) is 23.5 Å². The number of ether oxygens (including phenoxy) is 1. The van der Waals surface area contributed by atoms with E-state index in [-0.39, 0.29) is 24.3 Å². The number of rotatable bonds is 6. The summed E-state index contributed by atoms with van der Waals surface area (Å²) in [5.74, 6) is -0.539. The van der Waals surface area contributed by atoms with Crippen LogP contribution in [0.2, 0.25) is 0 Å². The van der Waals surface area contributed by atoms with Crippen molar-refractivity contribution in [1.29, 1.82) is 0 Å². The van der Waals surface area contributed by atoms with Crippen molar-refractivity contribution < 1.29 is 27.8 Å². The standard InChI is InChI=1S/C20H21F3NO3/c1-3-4-10-27-19(26)24(2)13-15-11-16(20(21,22)23)12-17(18(15)25)14-8-6-5-7-9-14/h5-9,11-12H,3-4,10,13H2,1-2H3. The molecule has 0 saturated carbocycles. The van der Waals surface area contributed by atoms with E-state index in [0.29, 0.717) is 12.0 Å². The molecule has 4 nitrogen and oxygen atoms in total. The first-order chi connectivity index (χ1) is 12.7. The number of unbranched alkanes of at least 4 members (excludes halogenated alkanes) is 1. The zero-order chi connectivity index (χ0) is 20.0. The first-order valence-corrected chi connectivity index (χ1v) is 8.58. The van der Waals surface area contributed by atoms with Crippen LogP contribution in [0.25, 0.3) is 11.1 Å². The van der Waals surface area contributed by atoms with Crippen LogP contribution < -0.4 is 0 Å². The summed E-state index contributed by atoms with van der Waals surface area (Å²) in [4.78, 5) is 13.0. The predicted molar refractivity (Wildman–Crippen MR) is 94.7 cm³/mol. The molecule has 0 saturated heterocycles. The molecule has 0 aliphatic rings. The molecule has 0 fully saturated rings. The number of benzene rings is 2. The highest BCUT2D eigenvalue weighted by Gasteiger charge is 2.33. The lowest BCUT2D eigenvalue weighted by Gasteiger charge is -2.19. The highest BCUT2D eigenvalue weighted by Crippen LogP contribution is 2.40. The average Bonchev–Trinajstić information content (AvgIpc) is 2.63. The minimum Gasteiger partial charge on any atom is -0.449 e. The van der Waals surface area contributed by atoms with Gasteiger partial charge in [0.1, 0.15) is 0 Å². The summed E-state index contributed by atoms with van der Waals surface area (Å²) < 4.78 is 44.9. The molecule has 0 N–H and O–H groups in total. The summed E-state index contributed by atoms with van der Waals surface area (Å²) in [5.41, 5.74) is -0.696. The first kappa shape index (κ1) is 20.6. The molecular weight excluding hydrogens is 359 g/mol. The first-order valence-electron chi connectivity index (χ1n) is 8.58. The topological polar surface area (TPSA) is 49.4 Å². The Labute approximate surface area is 156 Å². The second-order valence-electron chi connectivity index (χ2n) is 6.20. The summed E-state index contributed by atoms with van der Waals surface area (Å²) in [6.07, 6.45) is -3.75. The Bertz CT molecular complexity index is 776. The summed E-state index contributed by atoms with van der Waals surface area (Å²) in [6, 6.07) is 9.79. The molecule has 2 aromatic carbocycles. The third-order valence-electron chi connectivity index (χ3n) is 4.02. The van der Waals surface area contributed by atoms with Crippen LogP contribution in [0.3, 0.4) is 0 Å². The van der Waals surface area contributed by atoms with Gasteiger partial charge in [-0.3, -0.25) is 5.11 Å². The van der Waals surface area contributed by atoms with Gasteiger partial charge in [0.05, 0.1) is 18.7 Å². The van der Waals surface area contributed by atoms with Crippen molar-refractivity contribution in [3.63, 3.8) is 0 Å². The molecule has 0 aliphatic heterocycles. The molecule has 0 aliphatic carbocycles. The van der Waals surface area contributed by atoms with Crippen LogP contribution in [0, 0.1) is 0 Å². The van der Waals surface area contributed by atoms with Crippen LogP contribution in [0.4, 0.5) is 18.0 Å². The molecule has 0 unspecified atom stereocenters. The predicted octanol–water partition coefficient (Wildman–Crippen LogP) is 5.88. The summed E-state index contributed by atoms with van der Waals surface area (Å²) in [6.45, 7) is 1.89. The van der Waals surface area contributed by atoms with E-state index in [1.807, 2.05) is 6.92 Å². The Hall–Kier alpha value is -2.70. The minimum absolute atomic E-state index is 0.0480. The van der Waals surface area contributed by atoms with Crippen molar-refractivity contribution >= 4 is 6.09 Å². The molecule has 0 spiro atoms. The van der Waals surface area contributed by atoms with E-state index < -0.39 is 23.6 Å². The Kier molecular flexibility index (Phi) is 6.71. The Morgan fingerprint density at radius 3 is 2.41 bits per heavy atom. The van der Waals surface area contributed by atoms with Crippen LogP contribution in [0.1, 0.15) is 30.9 Å². The summed E-state index contributed by atoms with van der Waals surface area (Å²) >= 11 is 0. The van der Waals surface area contributed by atoms with Crippen LogP contribution in [0.5, 0.6) is 5.75 Å². The normalized spacial score (nSPS) is 11.3. The van der Waals surface area contributed by atoms with Crippen molar-refractivity contribution in [2.24, 2.45) is 0 Å². The van der Waals surface area contributed by atoms with Crippen molar-refractivity contribution in [1.82, 2.24) is 4.90 Å². The van der Waals surface area contributed by atoms with Gasteiger partial charge < -0.3 is 9.64 Å². The second kappa shape index (κ2) is 8.79. The molecule has 7 heteroatoms. The third-order valence-corrected chi connectivity index (χ3v) is 4.02. The molecule has 0 bridgehead atoms. The minimum atomic E-state index is -4.60. The largest absolute Gasteiger partial charge is 0.449 e. The Morgan fingerprint density at radius 2 is 1.81 bits per heavy atom. The van der Waals surface area contributed by atoms with Gasteiger partial charge in [-0.25, -0.2) is 4.79 Å². The number of hydrogen-bond donors (Lipinski definition) is 0. The second-order valence-corrected chi connectivity index (χ2v) is 6.20. The molecule has 145 valence electrons. The Balaban J connectivity index is 2.36. The quantitative estimate of drug-likeness (QED) is 0.587. The average molecular weight is 380 g/mol. The number of halogens is 3. The lowest BCUT2D eigenvalue weighted by atomic mass is 9.97. The highest BCUT2D eigenvalue weighted by atomic mass is 19.4. The molecular formula is C20H21F3NO3. The zero-order valence-electron chi connectivity index (χ0n) is 15.2. The maximum absolute atomic E-state index is 13.3. The van der Waals surface area contributed by atoms with Crippen molar-refractivity contribution in [2.45, 2.75) is 32.5 Å². The zero-order valence-corrected chi connectivity index (χ0v) is 15.2. The van der Waals surface area contributed by atoms with Crippen LogP contribution in [-0.2, 0) is 22.6 Å². The van der Waals surface area contributed by atoms with E-state index in [9.17, 15) is 23.1 Å². The van der Waals surface area contributed by atoms with E-state index >= 15 is 0 Å². The molecule has 0 atom stereocenters. The van der Waals surface area contributed by atoms with E-state index in [2.05, 4.69) is 0 Å². The monoisotopic (exact) mass is 380 g/mol. The third kappa shape index (κ3) is 5.39. The maximum atomic E-state index is 13.3. The highest BCUT2D eigenvalue weighted by molar-refractivity contribution is 5.73. The maximum Gasteiger partial charge on any atom is 0.416 e. The molecule has 2 aromatic rings. The van der Waals surface area contributed by atoms with Gasteiger partial charge in [0.15, 0.2) is 5.75 Å². The number of hydrogen-bond acceptors (Lipinski definition) is 2. The van der Waals surface area contributed by atoms with Gasteiger partial charge in [0, 0.05) is 18.2 Å². The lowest BCUT2D eigenvalue weighted by molar-refractivity contribution is -0.137. The molecule has 2 rings (SSSR count). The fourth-order valence-corrected chi connectivity index (χ4v) is 2.54. The van der Waals surface area contributed by atoms with Gasteiger partial charge in [-0.1, -0.05) is 43.7 Å². The van der Waals surface area contributed by atoms with Crippen LogP contribution in [0.15, 0.2) is 42.5 Å². The lowest BCUT2D eigenvalue weighted by Crippen LogP contribution is -2.27. The number of carbonyl (C=O) groups is 1. The van der Waals surface area contributed by atoms with Gasteiger partial charge in [-0.15, -0.1) is 0 Å². The molecule has 1 radical (unpaired) electrons. The van der Waals surface area contributed by atoms with Crippen LogP contribution in [-0.4, -0.2) is 24.6 Å². The van der Waals surface area contributed by atoms with Crippen molar-refractivity contribution in [3.05, 3.63) is 53.6 Å². The number of amides is 1. The molecule has 0 heterocycles. The van der Waals surface area contributed by atoms with E-state index in [1.54, 1.807) is 30.3 Å². The van der Waals surface area contributed by atoms with E-state index in [1.165, 1.54) is 7.05 Å². The van der Waals surface area contributed by atoms with Gasteiger partial charge in [-0.2, -0.15) is 13.2 Å². The van der Waals surface area contributed by atoms with Gasteiger partial charge >= 0.3 is 12.3 Å². The number of alkyl halides is 3. The fraction of sp³-hybridized carbons (Fsp3) is 0.350. The summed E-state index contributed by atoms with van der Waals surface area (Å²) in [7, 11) is 1.39. The Morgan fingerprint density at radius 1 is 1.15 bits per heavy atom. The smallest absolute Gasteiger partial charge is 0.416 e. The van der Waals surface area contributed by atoms with E-state index in [4.69, 9.17) is 4.74 Å². The molecule has 27 heavy (non-hydrogen) atoms. The molecule has 1 amide bonds. The SMILES string of the molecule is CCCCOC(=O)N(C)Cc1cc(C(F)(F)F)cc(-c2ccccc2)c1[O]. The summed E-state index contributed by atoms with van der Waals surface area (Å²) in [5, 5.41) is 12.7. The number of nitrogens with zero attached hydrogens (tertiary/aromatic N) is 1. The van der Waals surface area contributed by atoms with Gasteiger partial charge in [0.25, 0.3) is 0 Å².